The van der Waals surface area contributed by atoms with Crippen LogP contribution in [-0.2, 0) is 10.0 Å². The van der Waals surface area contributed by atoms with Crippen LogP contribution in [0.2, 0.25) is 0 Å². The van der Waals surface area contributed by atoms with E-state index in [0.29, 0.717) is 25.7 Å². The van der Waals surface area contributed by atoms with Gasteiger partial charge in [-0.3, -0.25) is 4.99 Å². The van der Waals surface area contributed by atoms with Crippen LogP contribution in [0.5, 0.6) is 5.75 Å². The van der Waals surface area contributed by atoms with Crippen LogP contribution in [0, 0.1) is 0 Å². The molecule has 2 atom stereocenters. The summed E-state index contributed by atoms with van der Waals surface area (Å²) in [6.45, 7) is 1.59. The number of benzene rings is 1. The number of aliphatic imine (C=N–C) groups is 1. The summed E-state index contributed by atoms with van der Waals surface area (Å²) in [7, 11) is -3.18. The summed E-state index contributed by atoms with van der Waals surface area (Å²) >= 11 is 0. The van der Waals surface area contributed by atoms with Crippen molar-refractivity contribution in [1.29, 1.82) is 0 Å². The first-order valence-corrected chi connectivity index (χ1v) is 10.0. The van der Waals surface area contributed by atoms with Gasteiger partial charge in [0.25, 0.3) is 0 Å². The van der Waals surface area contributed by atoms with Crippen LogP contribution in [0.25, 0.3) is 0 Å². The number of rotatable bonds is 4. The lowest BCUT2D eigenvalue weighted by molar-refractivity contribution is 0.262. The Morgan fingerprint density at radius 2 is 2.21 bits per heavy atom. The lowest BCUT2D eigenvalue weighted by Gasteiger charge is -2.27. The normalized spacial score (nSPS) is 25.1. The van der Waals surface area contributed by atoms with Crippen LogP contribution >= 0.6 is 0 Å². The zero-order chi connectivity index (χ0) is 17.2. The highest BCUT2D eigenvalue weighted by molar-refractivity contribution is 7.88. The van der Waals surface area contributed by atoms with Gasteiger partial charge in [0.2, 0.25) is 10.0 Å². The van der Waals surface area contributed by atoms with Gasteiger partial charge in [0.15, 0.2) is 5.96 Å². The van der Waals surface area contributed by atoms with E-state index in [4.69, 9.17) is 10.5 Å². The third-order valence-corrected chi connectivity index (χ3v) is 5.83. The van der Waals surface area contributed by atoms with Crippen LogP contribution in [0.15, 0.2) is 29.3 Å². The Balaban J connectivity index is 1.63. The van der Waals surface area contributed by atoms with E-state index in [-0.39, 0.29) is 12.1 Å². The maximum Gasteiger partial charge on any atom is 0.211 e. The molecule has 3 N–H and O–H groups in total. The van der Waals surface area contributed by atoms with E-state index in [1.807, 2.05) is 24.3 Å². The number of sulfonamides is 1. The molecule has 0 radical (unpaired) electrons. The minimum absolute atomic E-state index is 0.0632. The Morgan fingerprint density at radius 3 is 3.00 bits per heavy atom. The van der Waals surface area contributed by atoms with Crippen LogP contribution < -0.4 is 15.8 Å². The van der Waals surface area contributed by atoms with Crippen LogP contribution in [0.1, 0.15) is 30.9 Å². The molecule has 0 amide bonds. The number of para-hydroxylation sites is 1. The third-order valence-electron chi connectivity index (χ3n) is 4.50. The number of nitrogens with zero attached hydrogens (tertiary/aromatic N) is 2. The van der Waals surface area contributed by atoms with E-state index in [0.717, 1.165) is 30.6 Å². The Hall–Kier alpha value is -1.80. The van der Waals surface area contributed by atoms with Gasteiger partial charge in [-0.1, -0.05) is 18.2 Å². The molecule has 1 aromatic carbocycles. The highest BCUT2D eigenvalue weighted by Gasteiger charge is 2.31. The first kappa shape index (κ1) is 17.0. The standard InChI is InChI=1S/C16H24N4O3S/c1-24(21,22)20-9-4-5-12(20)11-18-16(17)19-14-8-10-23-15-7-3-2-6-13(14)15/h2-3,6-7,12,14H,4-5,8-11H2,1H3,(H3,17,18,19)/t12-,14?/m1/s1. The molecule has 2 aliphatic rings. The van der Waals surface area contributed by atoms with Crippen molar-refractivity contribution in [1.82, 2.24) is 9.62 Å². The minimum Gasteiger partial charge on any atom is -0.493 e. The van der Waals surface area contributed by atoms with E-state index in [2.05, 4.69) is 10.3 Å². The highest BCUT2D eigenvalue weighted by Crippen LogP contribution is 2.31. The van der Waals surface area contributed by atoms with Gasteiger partial charge >= 0.3 is 0 Å². The fourth-order valence-electron chi connectivity index (χ4n) is 3.35. The molecule has 1 fully saturated rings. The molecule has 0 bridgehead atoms. The van der Waals surface area contributed by atoms with Crippen LogP contribution in [-0.4, -0.2) is 50.7 Å². The average molecular weight is 352 g/mol. The Labute approximate surface area is 142 Å². The number of hydrogen-bond acceptors (Lipinski definition) is 4. The van der Waals surface area contributed by atoms with Crippen molar-refractivity contribution in [2.24, 2.45) is 10.7 Å². The first-order valence-electron chi connectivity index (χ1n) is 8.20. The predicted molar refractivity (Wildman–Crippen MR) is 93.5 cm³/mol. The fraction of sp³-hybridized carbons (Fsp3) is 0.562. The second kappa shape index (κ2) is 6.98. The molecule has 8 heteroatoms. The molecule has 1 saturated heterocycles. The monoisotopic (exact) mass is 352 g/mol. The van der Waals surface area contributed by atoms with Gasteiger partial charge in [-0.25, -0.2) is 8.42 Å². The van der Waals surface area contributed by atoms with Gasteiger partial charge < -0.3 is 15.8 Å². The summed E-state index contributed by atoms with van der Waals surface area (Å²) in [5.74, 6) is 1.21. The Bertz CT molecular complexity index is 720. The van der Waals surface area contributed by atoms with Crippen molar-refractivity contribution in [3.63, 3.8) is 0 Å². The van der Waals surface area contributed by atoms with Gasteiger partial charge in [-0.05, 0) is 18.9 Å². The summed E-state index contributed by atoms with van der Waals surface area (Å²) < 4.78 is 30.7. The molecule has 0 aliphatic carbocycles. The lowest BCUT2D eigenvalue weighted by Crippen LogP contribution is -2.40. The molecule has 0 spiro atoms. The number of guanidine groups is 1. The SMILES string of the molecule is CS(=O)(=O)N1CCC[C@@H]1CN=C(N)NC1CCOc2ccccc21. The molecule has 1 aromatic rings. The van der Waals surface area contributed by atoms with E-state index < -0.39 is 10.0 Å². The molecule has 0 aromatic heterocycles. The van der Waals surface area contributed by atoms with E-state index >= 15 is 0 Å². The highest BCUT2D eigenvalue weighted by atomic mass is 32.2. The number of fused-ring (bicyclic) bond motifs is 1. The molecule has 7 nitrogen and oxygen atoms in total. The molecule has 24 heavy (non-hydrogen) atoms. The summed E-state index contributed by atoms with van der Waals surface area (Å²) in [6.07, 6.45) is 3.75. The second-order valence-electron chi connectivity index (χ2n) is 6.27. The summed E-state index contributed by atoms with van der Waals surface area (Å²) in [5.41, 5.74) is 7.09. The first-order chi connectivity index (χ1) is 11.4. The summed E-state index contributed by atoms with van der Waals surface area (Å²) in [4.78, 5) is 4.37. The largest absolute Gasteiger partial charge is 0.493 e. The van der Waals surface area contributed by atoms with E-state index in [9.17, 15) is 8.42 Å². The van der Waals surface area contributed by atoms with Crippen molar-refractivity contribution >= 4 is 16.0 Å². The topological polar surface area (TPSA) is 97.0 Å². The molecular formula is C16H24N4O3S. The molecule has 2 aliphatic heterocycles. The third kappa shape index (κ3) is 3.81. The van der Waals surface area contributed by atoms with E-state index in [1.54, 1.807) is 0 Å². The number of ether oxygens (including phenoxy) is 1. The number of nitrogens with one attached hydrogen (secondary N) is 1. The quantitative estimate of drug-likeness (QED) is 0.618. The van der Waals surface area contributed by atoms with Crippen molar-refractivity contribution in [2.75, 3.05) is 26.0 Å². The Morgan fingerprint density at radius 1 is 1.42 bits per heavy atom. The van der Waals surface area contributed by atoms with Crippen LogP contribution in [0.4, 0.5) is 0 Å². The lowest BCUT2D eigenvalue weighted by atomic mass is 10.0. The predicted octanol–water partition coefficient (Wildman–Crippen LogP) is 0.839. The summed E-state index contributed by atoms with van der Waals surface area (Å²) in [6, 6.07) is 7.84. The molecule has 132 valence electrons. The van der Waals surface area contributed by atoms with Gasteiger partial charge in [0.05, 0.1) is 25.4 Å². The molecule has 0 saturated carbocycles. The van der Waals surface area contributed by atoms with Crippen molar-refractivity contribution < 1.29 is 13.2 Å². The summed E-state index contributed by atoms with van der Waals surface area (Å²) in [5, 5.41) is 3.23. The van der Waals surface area contributed by atoms with Crippen molar-refractivity contribution in [3.8, 4) is 5.75 Å². The maximum atomic E-state index is 11.8. The van der Waals surface area contributed by atoms with Crippen molar-refractivity contribution in [2.45, 2.75) is 31.3 Å². The van der Waals surface area contributed by atoms with Gasteiger partial charge in [0, 0.05) is 24.6 Å². The number of nitrogens with two attached hydrogens (primary N) is 1. The van der Waals surface area contributed by atoms with Crippen LogP contribution in [0.3, 0.4) is 0 Å². The maximum absolute atomic E-state index is 11.8. The fourth-order valence-corrected chi connectivity index (χ4v) is 4.52. The van der Waals surface area contributed by atoms with E-state index in [1.165, 1.54) is 10.6 Å². The Kier molecular flexibility index (Phi) is 4.96. The molecular weight excluding hydrogens is 328 g/mol. The van der Waals surface area contributed by atoms with Gasteiger partial charge in [-0.2, -0.15) is 4.31 Å². The average Bonchev–Trinajstić information content (AvgIpc) is 3.02. The van der Waals surface area contributed by atoms with Gasteiger partial charge in [0.1, 0.15) is 5.75 Å². The number of hydrogen-bond donors (Lipinski definition) is 2. The van der Waals surface area contributed by atoms with Crippen molar-refractivity contribution in [3.05, 3.63) is 29.8 Å². The zero-order valence-corrected chi connectivity index (χ0v) is 14.6. The minimum atomic E-state index is -3.18. The molecule has 3 rings (SSSR count). The second-order valence-corrected chi connectivity index (χ2v) is 8.20. The molecule has 2 heterocycles. The smallest absolute Gasteiger partial charge is 0.211 e. The van der Waals surface area contributed by atoms with Gasteiger partial charge in [-0.15, -0.1) is 0 Å². The zero-order valence-electron chi connectivity index (χ0n) is 13.8. The molecule has 1 unspecified atom stereocenters.